The van der Waals surface area contributed by atoms with Gasteiger partial charge in [0.1, 0.15) is 0 Å². The third kappa shape index (κ3) is 3.95. The molecule has 114 valence electrons. The monoisotopic (exact) mass is 291 g/mol. The predicted molar refractivity (Wildman–Crippen MR) is 80.5 cm³/mol. The van der Waals surface area contributed by atoms with Crippen molar-refractivity contribution in [2.75, 3.05) is 51.8 Å². The highest BCUT2D eigenvalue weighted by molar-refractivity contribution is 5.96. The normalized spacial score (nSPS) is 14.7. The Kier molecular flexibility index (Phi) is 5.16. The minimum Gasteiger partial charge on any atom is -0.378 e. The van der Waals surface area contributed by atoms with Gasteiger partial charge in [0.25, 0.3) is 5.91 Å². The number of rotatable bonds is 4. The van der Waals surface area contributed by atoms with E-state index in [9.17, 15) is 9.59 Å². The fourth-order valence-corrected chi connectivity index (χ4v) is 2.22. The molecule has 0 bridgehead atoms. The molecule has 1 aliphatic rings. The first-order valence-corrected chi connectivity index (χ1v) is 7.00. The maximum absolute atomic E-state index is 12.2. The van der Waals surface area contributed by atoms with Crippen LogP contribution in [0.4, 0.5) is 5.69 Å². The topological polar surface area (TPSA) is 61.9 Å². The van der Waals surface area contributed by atoms with Gasteiger partial charge >= 0.3 is 0 Å². The number of nitrogens with zero attached hydrogens (tertiary/aromatic N) is 2. The van der Waals surface area contributed by atoms with Crippen molar-refractivity contribution in [3.05, 3.63) is 29.8 Å². The third-order valence-electron chi connectivity index (χ3n) is 3.50. The number of anilines is 1. The van der Waals surface area contributed by atoms with Gasteiger partial charge in [-0.25, -0.2) is 0 Å². The minimum absolute atomic E-state index is 0.0561. The van der Waals surface area contributed by atoms with Crippen molar-refractivity contribution in [3.63, 3.8) is 0 Å². The average molecular weight is 291 g/mol. The number of hydrogen-bond acceptors (Lipinski definition) is 4. The summed E-state index contributed by atoms with van der Waals surface area (Å²) in [5, 5.41) is 2.50. The number of likely N-dealkylation sites (N-methyl/N-ethyl adjacent to an activating group) is 2. The van der Waals surface area contributed by atoms with Gasteiger partial charge in [-0.15, -0.1) is 0 Å². The average Bonchev–Trinajstić information content (AvgIpc) is 2.55. The Labute approximate surface area is 124 Å². The van der Waals surface area contributed by atoms with E-state index in [4.69, 9.17) is 4.74 Å². The number of benzene rings is 1. The van der Waals surface area contributed by atoms with Gasteiger partial charge in [-0.05, 0) is 24.3 Å². The Morgan fingerprint density at radius 2 is 1.86 bits per heavy atom. The van der Waals surface area contributed by atoms with Crippen LogP contribution in [-0.2, 0) is 9.53 Å². The van der Waals surface area contributed by atoms with Crippen LogP contribution in [0.25, 0.3) is 0 Å². The number of carbonyl (C=O) groups is 2. The molecule has 1 heterocycles. The highest BCUT2D eigenvalue weighted by atomic mass is 16.5. The first kappa shape index (κ1) is 15.3. The molecule has 0 atom stereocenters. The van der Waals surface area contributed by atoms with Crippen molar-refractivity contribution < 1.29 is 14.3 Å². The highest BCUT2D eigenvalue weighted by Gasteiger charge is 2.15. The lowest BCUT2D eigenvalue weighted by Gasteiger charge is -2.29. The SMILES string of the molecule is CNC(=O)CN(C)C(=O)c1ccc(N2CCOCC2)cc1. The van der Waals surface area contributed by atoms with Crippen molar-refractivity contribution in [3.8, 4) is 0 Å². The Morgan fingerprint density at radius 1 is 1.24 bits per heavy atom. The zero-order valence-electron chi connectivity index (χ0n) is 12.5. The number of ether oxygens (including phenoxy) is 1. The van der Waals surface area contributed by atoms with Gasteiger partial charge in [-0.1, -0.05) is 0 Å². The molecular formula is C15H21N3O3. The molecule has 1 aliphatic heterocycles. The minimum atomic E-state index is -0.184. The van der Waals surface area contributed by atoms with E-state index >= 15 is 0 Å². The number of morpholine rings is 1. The van der Waals surface area contributed by atoms with Crippen LogP contribution in [-0.4, -0.2) is 63.7 Å². The molecule has 1 aromatic rings. The van der Waals surface area contributed by atoms with E-state index in [0.717, 1.165) is 32.0 Å². The van der Waals surface area contributed by atoms with Gasteiger partial charge in [-0.2, -0.15) is 0 Å². The van der Waals surface area contributed by atoms with E-state index in [1.54, 1.807) is 26.2 Å². The number of amides is 2. The quantitative estimate of drug-likeness (QED) is 0.869. The van der Waals surface area contributed by atoms with Crippen molar-refractivity contribution in [2.45, 2.75) is 0 Å². The van der Waals surface area contributed by atoms with Gasteiger partial charge < -0.3 is 19.9 Å². The second kappa shape index (κ2) is 7.08. The molecular weight excluding hydrogens is 270 g/mol. The highest BCUT2D eigenvalue weighted by Crippen LogP contribution is 2.17. The van der Waals surface area contributed by atoms with Gasteiger partial charge in [0, 0.05) is 38.4 Å². The second-order valence-electron chi connectivity index (χ2n) is 4.98. The van der Waals surface area contributed by atoms with E-state index in [1.807, 2.05) is 12.1 Å². The zero-order chi connectivity index (χ0) is 15.2. The van der Waals surface area contributed by atoms with Crippen LogP contribution in [0.15, 0.2) is 24.3 Å². The molecule has 0 radical (unpaired) electrons. The van der Waals surface area contributed by atoms with E-state index in [2.05, 4.69) is 10.2 Å². The molecule has 6 nitrogen and oxygen atoms in total. The third-order valence-corrected chi connectivity index (χ3v) is 3.50. The Bertz CT molecular complexity index is 495. The fourth-order valence-electron chi connectivity index (χ4n) is 2.22. The van der Waals surface area contributed by atoms with E-state index in [-0.39, 0.29) is 18.4 Å². The Balaban J connectivity index is 2.00. The van der Waals surface area contributed by atoms with E-state index in [0.29, 0.717) is 5.56 Å². The summed E-state index contributed by atoms with van der Waals surface area (Å²) in [6.45, 7) is 3.25. The van der Waals surface area contributed by atoms with Crippen LogP contribution in [0.2, 0.25) is 0 Å². The number of hydrogen-bond donors (Lipinski definition) is 1. The molecule has 0 aliphatic carbocycles. The maximum Gasteiger partial charge on any atom is 0.254 e. The fraction of sp³-hybridized carbons (Fsp3) is 0.467. The standard InChI is InChI=1S/C15H21N3O3/c1-16-14(19)11-17(2)15(20)12-3-5-13(6-4-12)18-7-9-21-10-8-18/h3-6H,7-11H2,1-2H3,(H,16,19). The molecule has 1 aromatic carbocycles. The molecule has 6 heteroatoms. The van der Waals surface area contributed by atoms with Crippen LogP contribution in [0, 0.1) is 0 Å². The Morgan fingerprint density at radius 3 is 2.43 bits per heavy atom. The summed E-state index contributed by atoms with van der Waals surface area (Å²) in [7, 11) is 3.17. The predicted octanol–water partition coefficient (Wildman–Crippen LogP) is 0.341. The van der Waals surface area contributed by atoms with Crippen molar-refractivity contribution in [2.24, 2.45) is 0 Å². The maximum atomic E-state index is 12.2. The summed E-state index contributed by atoms with van der Waals surface area (Å²) in [5.74, 6) is -0.345. The summed E-state index contributed by atoms with van der Waals surface area (Å²) in [6, 6.07) is 7.47. The van der Waals surface area contributed by atoms with Crippen molar-refractivity contribution >= 4 is 17.5 Å². The zero-order valence-corrected chi connectivity index (χ0v) is 12.5. The smallest absolute Gasteiger partial charge is 0.254 e. The largest absolute Gasteiger partial charge is 0.378 e. The van der Waals surface area contributed by atoms with Crippen LogP contribution in [0.5, 0.6) is 0 Å². The molecule has 1 N–H and O–H groups in total. The first-order chi connectivity index (χ1) is 10.1. The first-order valence-electron chi connectivity index (χ1n) is 7.00. The van der Waals surface area contributed by atoms with Crippen molar-refractivity contribution in [1.29, 1.82) is 0 Å². The molecule has 0 spiro atoms. The lowest BCUT2D eigenvalue weighted by molar-refractivity contribution is -0.121. The van der Waals surface area contributed by atoms with E-state index < -0.39 is 0 Å². The van der Waals surface area contributed by atoms with Crippen LogP contribution < -0.4 is 10.2 Å². The molecule has 1 saturated heterocycles. The van der Waals surface area contributed by atoms with E-state index in [1.165, 1.54) is 4.90 Å². The molecule has 0 unspecified atom stereocenters. The molecule has 1 fully saturated rings. The van der Waals surface area contributed by atoms with Crippen LogP contribution >= 0.6 is 0 Å². The van der Waals surface area contributed by atoms with Crippen molar-refractivity contribution in [1.82, 2.24) is 10.2 Å². The van der Waals surface area contributed by atoms with Gasteiger partial charge in [0.15, 0.2) is 0 Å². The molecule has 2 rings (SSSR count). The second-order valence-corrected chi connectivity index (χ2v) is 4.98. The molecule has 0 saturated carbocycles. The summed E-state index contributed by atoms with van der Waals surface area (Å²) < 4.78 is 5.32. The molecule has 2 amide bonds. The van der Waals surface area contributed by atoms with Gasteiger partial charge in [-0.3, -0.25) is 9.59 Å². The van der Waals surface area contributed by atoms with Crippen LogP contribution in [0.3, 0.4) is 0 Å². The summed E-state index contributed by atoms with van der Waals surface area (Å²) >= 11 is 0. The summed E-state index contributed by atoms with van der Waals surface area (Å²) in [6.07, 6.45) is 0. The molecule has 0 aromatic heterocycles. The van der Waals surface area contributed by atoms with Gasteiger partial charge in [0.05, 0.1) is 19.8 Å². The summed E-state index contributed by atoms with van der Waals surface area (Å²) in [5.41, 5.74) is 1.67. The Hall–Kier alpha value is -2.08. The summed E-state index contributed by atoms with van der Waals surface area (Å²) in [4.78, 5) is 27.1. The van der Waals surface area contributed by atoms with Crippen LogP contribution in [0.1, 0.15) is 10.4 Å². The lowest BCUT2D eigenvalue weighted by atomic mass is 10.1. The number of carbonyl (C=O) groups excluding carboxylic acids is 2. The number of nitrogens with one attached hydrogen (secondary N) is 1. The van der Waals surface area contributed by atoms with Gasteiger partial charge in [0.2, 0.25) is 5.91 Å². The molecule has 21 heavy (non-hydrogen) atoms. The lowest BCUT2D eigenvalue weighted by Crippen LogP contribution is -2.37.